The van der Waals surface area contributed by atoms with Crippen LogP contribution in [0.15, 0.2) is 30.5 Å². The quantitative estimate of drug-likeness (QED) is 0.887. The van der Waals surface area contributed by atoms with Crippen molar-refractivity contribution in [3.8, 4) is 0 Å². The number of carbonyl (C=O) groups is 1. The molecule has 5 nitrogen and oxygen atoms in total. The molecule has 0 bridgehead atoms. The molecule has 2 aromatic rings. The Labute approximate surface area is 106 Å². The summed E-state index contributed by atoms with van der Waals surface area (Å²) >= 11 is 0. The number of nitrogens with zero attached hydrogens (tertiary/aromatic N) is 3. The van der Waals surface area contributed by atoms with E-state index in [1.807, 2.05) is 32.0 Å². The van der Waals surface area contributed by atoms with Gasteiger partial charge in [0.1, 0.15) is 5.69 Å². The summed E-state index contributed by atoms with van der Waals surface area (Å²) in [6, 6.07) is 7.41. The van der Waals surface area contributed by atoms with E-state index in [0.29, 0.717) is 18.8 Å². The Kier molecular flexibility index (Phi) is 3.72. The van der Waals surface area contributed by atoms with Crippen LogP contribution in [0.3, 0.4) is 0 Å². The summed E-state index contributed by atoms with van der Waals surface area (Å²) in [6.45, 7) is 4.94. The average Bonchev–Trinajstić information content (AvgIpc) is 2.78. The molecule has 0 unspecified atom stereocenters. The minimum atomic E-state index is -0.122. The number of pyridine rings is 1. The molecule has 0 saturated heterocycles. The van der Waals surface area contributed by atoms with Crippen LogP contribution >= 0.6 is 0 Å². The molecule has 0 saturated carbocycles. The number of amides is 1. The second-order valence-electron chi connectivity index (χ2n) is 3.99. The molecule has 2 rings (SSSR count). The predicted molar refractivity (Wildman–Crippen MR) is 68.0 cm³/mol. The van der Waals surface area contributed by atoms with Crippen molar-refractivity contribution in [1.29, 1.82) is 0 Å². The molecule has 1 N–H and O–H groups in total. The first kappa shape index (κ1) is 12.3. The molecule has 0 aliphatic heterocycles. The highest BCUT2D eigenvalue weighted by molar-refractivity contribution is 5.92. The van der Waals surface area contributed by atoms with Crippen molar-refractivity contribution in [3.05, 3.63) is 47.5 Å². The lowest BCUT2D eigenvalue weighted by molar-refractivity contribution is 0.0939. The summed E-state index contributed by atoms with van der Waals surface area (Å²) < 4.78 is 1.70. The van der Waals surface area contributed by atoms with Crippen LogP contribution in [0.25, 0.3) is 0 Å². The summed E-state index contributed by atoms with van der Waals surface area (Å²) in [5.74, 6) is -0.122. The number of hydrogen-bond acceptors (Lipinski definition) is 3. The lowest BCUT2D eigenvalue weighted by atomic mass is 10.3. The van der Waals surface area contributed by atoms with E-state index in [1.165, 1.54) is 0 Å². The number of aromatic nitrogens is 3. The van der Waals surface area contributed by atoms with E-state index < -0.39 is 0 Å². The molecular weight excluding hydrogens is 228 g/mol. The lowest BCUT2D eigenvalue weighted by Gasteiger charge is -2.06. The number of rotatable bonds is 4. The van der Waals surface area contributed by atoms with Gasteiger partial charge in [-0.05, 0) is 32.0 Å². The van der Waals surface area contributed by atoms with Gasteiger partial charge in [0, 0.05) is 12.7 Å². The Balaban J connectivity index is 2.04. The molecule has 0 aliphatic carbocycles. The van der Waals surface area contributed by atoms with E-state index >= 15 is 0 Å². The predicted octanol–water partition coefficient (Wildman–Crippen LogP) is 1.54. The van der Waals surface area contributed by atoms with E-state index in [9.17, 15) is 4.79 Å². The monoisotopic (exact) mass is 244 g/mol. The van der Waals surface area contributed by atoms with Crippen molar-refractivity contribution in [2.24, 2.45) is 0 Å². The van der Waals surface area contributed by atoms with E-state index in [0.717, 1.165) is 11.4 Å². The minimum absolute atomic E-state index is 0.122. The van der Waals surface area contributed by atoms with Gasteiger partial charge >= 0.3 is 0 Å². The molecule has 5 heteroatoms. The molecule has 0 fully saturated rings. The first-order valence-corrected chi connectivity index (χ1v) is 5.93. The van der Waals surface area contributed by atoms with Gasteiger partial charge in [-0.2, -0.15) is 5.10 Å². The number of nitrogens with one attached hydrogen (secondary N) is 1. The molecule has 0 aliphatic rings. The van der Waals surface area contributed by atoms with Crippen LogP contribution in [0.1, 0.15) is 28.8 Å². The summed E-state index contributed by atoms with van der Waals surface area (Å²) in [5, 5.41) is 7.09. The van der Waals surface area contributed by atoms with Crippen molar-refractivity contribution in [3.63, 3.8) is 0 Å². The van der Waals surface area contributed by atoms with Gasteiger partial charge in [-0.25, -0.2) is 0 Å². The van der Waals surface area contributed by atoms with Crippen molar-refractivity contribution in [2.75, 3.05) is 0 Å². The van der Waals surface area contributed by atoms with Crippen LogP contribution in [0.5, 0.6) is 0 Å². The molecule has 2 aromatic heterocycles. The van der Waals surface area contributed by atoms with E-state index in [4.69, 9.17) is 0 Å². The second-order valence-corrected chi connectivity index (χ2v) is 3.99. The summed E-state index contributed by atoms with van der Waals surface area (Å²) in [7, 11) is 0. The van der Waals surface area contributed by atoms with Gasteiger partial charge in [0.25, 0.3) is 5.91 Å². The van der Waals surface area contributed by atoms with Crippen molar-refractivity contribution >= 4 is 5.91 Å². The van der Waals surface area contributed by atoms with Crippen LogP contribution in [0.4, 0.5) is 0 Å². The van der Waals surface area contributed by atoms with E-state index in [1.54, 1.807) is 16.9 Å². The minimum Gasteiger partial charge on any atom is -0.345 e. The van der Waals surface area contributed by atoms with Gasteiger partial charge in [-0.1, -0.05) is 6.07 Å². The topological polar surface area (TPSA) is 59.8 Å². The third-order valence-electron chi connectivity index (χ3n) is 2.59. The van der Waals surface area contributed by atoms with Crippen molar-refractivity contribution < 1.29 is 4.79 Å². The van der Waals surface area contributed by atoms with Gasteiger partial charge in [-0.15, -0.1) is 0 Å². The molecular formula is C13H16N4O. The van der Waals surface area contributed by atoms with Gasteiger partial charge in [-0.3, -0.25) is 14.5 Å². The zero-order valence-electron chi connectivity index (χ0n) is 10.6. The van der Waals surface area contributed by atoms with E-state index in [-0.39, 0.29) is 5.91 Å². The van der Waals surface area contributed by atoms with Crippen molar-refractivity contribution in [2.45, 2.75) is 26.9 Å². The molecule has 2 heterocycles. The van der Waals surface area contributed by atoms with E-state index in [2.05, 4.69) is 15.4 Å². The molecule has 94 valence electrons. The number of carbonyl (C=O) groups excluding carboxylic acids is 1. The Hall–Kier alpha value is -2.17. The molecule has 0 radical (unpaired) electrons. The smallest absolute Gasteiger partial charge is 0.269 e. The summed E-state index contributed by atoms with van der Waals surface area (Å²) in [5.41, 5.74) is 2.27. The maximum atomic E-state index is 12.0. The van der Waals surface area contributed by atoms with Crippen LogP contribution in [-0.4, -0.2) is 20.7 Å². The van der Waals surface area contributed by atoms with Gasteiger partial charge in [0.05, 0.1) is 17.9 Å². The first-order chi connectivity index (χ1) is 8.70. The molecule has 0 aromatic carbocycles. The zero-order chi connectivity index (χ0) is 13.0. The SMILES string of the molecule is CCn1nc(C)cc1C(=O)NCc1ccccn1. The highest BCUT2D eigenvalue weighted by Gasteiger charge is 2.12. The molecule has 0 atom stereocenters. The van der Waals surface area contributed by atoms with Gasteiger partial charge in [0.2, 0.25) is 0 Å². The summed E-state index contributed by atoms with van der Waals surface area (Å²) in [4.78, 5) is 16.2. The Bertz CT molecular complexity index is 533. The maximum absolute atomic E-state index is 12.0. The third kappa shape index (κ3) is 2.74. The Morgan fingerprint density at radius 2 is 2.28 bits per heavy atom. The fourth-order valence-electron chi connectivity index (χ4n) is 1.73. The first-order valence-electron chi connectivity index (χ1n) is 5.93. The van der Waals surface area contributed by atoms with Crippen LogP contribution in [0, 0.1) is 6.92 Å². The molecule has 1 amide bonds. The second kappa shape index (κ2) is 5.44. The van der Waals surface area contributed by atoms with Crippen molar-refractivity contribution in [1.82, 2.24) is 20.1 Å². The third-order valence-corrected chi connectivity index (χ3v) is 2.59. The fourth-order valence-corrected chi connectivity index (χ4v) is 1.73. The lowest BCUT2D eigenvalue weighted by Crippen LogP contribution is -2.26. The van der Waals surface area contributed by atoms with Gasteiger partial charge < -0.3 is 5.32 Å². The largest absolute Gasteiger partial charge is 0.345 e. The fraction of sp³-hybridized carbons (Fsp3) is 0.308. The Morgan fingerprint density at radius 3 is 2.94 bits per heavy atom. The highest BCUT2D eigenvalue weighted by Crippen LogP contribution is 2.04. The van der Waals surface area contributed by atoms with Crippen LogP contribution in [-0.2, 0) is 13.1 Å². The van der Waals surface area contributed by atoms with Gasteiger partial charge in [0.15, 0.2) is 0 Å². The summed E-state index contributed by atoms with van der Waals surface area (Å²) in [6.07, 6.45) is 1.71. The zero-order valence-corrected chi connectivity index (χ0v) is 10.6. The molecule has 0 spiro atoms. The standard InChI is InChI=1S/C13H16N4O/c1-3-17-12(8-10(2)16-17)13(18)15-9-11-6-4-5-7-14-11/h4-8H,3,9H2,1-2H3,(H,15,18). The Morgan fingerprint density at radius 1 is 1.44 bits per heavy atom. The number of aryl methyl sites for hydroxylation is 2. The normalized spacial score (nSPS) is 10.3. The average molecular weight is 244 g/mol. The van der Waals surface area contributed by atoms with Crippen LogP contribution in [0.2, 0.25) is 0 Å². The molecule has 18 heavy (non-hydrogen) atoms. The number of hydrogen-bond donors (Lipinski definition) is 1. The van der Waals surface area contributed by atoms with Crippen LogP contribution < -0.4 is 5.32 Å². The maximum Gasteiger partial charge on any atom is 0.269 e. The highest BCUT2D eigenvalue weighted by atomic mass is 16.2.